The zero-order valence-electron chi connectivity index (χ0n) is 23.5. The molecule has 0 bridgehead atoms. The molecule has 3 heterocycles. The Morgan fingerprint density at radius 3 is 2.62 bits per heavy atom. The fraction of sp³-hybridized carbons (Fsp3) is 0.552. The van der Waals surface area contributed by atoms with E-state index in [4.69, 9.17) is 9.47 Å². The molecule has 3 aromatic rings. The molecule has 1 aliphatic heterocycles. The average molecular weight is 571 g/mol. The van der Waals surface area contributed by atoms with E-state index in [1.165, 1.54) is 29.8 Å². The number of carbonyl (C=O) groups is 1. The number of ether oxygens (including phenoxy) is 2. The zero-order chi connectivity index (χ0) is 28.1. The van der Waals surface area contributed by atoms with Crippen LogP contribution < -0.4 is 15.4 Å². The molecular formula is C29H39FN6O3S. The van der Waals surface area contributed by atoms with E-state index in [-0.39, 0.29) is 23.9 Å². The van der Waals surface area contributed by atoms with Crippen LogP contribution in [-0.4, -0.2) is 91.3 Å². The lowest BCUT2D eigenvalue weighted by Gasteiger charge is -2.32. The summed E-state index contributed by atoms with van der Waals surface area (Å²) in [4.78, 5) is 28.1. The first-order valence-electron chi connectivity index (χ1n) is 14.1. The smallest absolute Gasteiger partial charge is 0.261 e. The number of methoxy groups -OCH3 is 1. The van der Waals surface area contributed by atoms with Gasteiger partial charge in [0.15, 0.2) is 0 Å². The number of piperazine rings is 1. The van der Waals surface area contributed by atoms with Crippen molar-refractivity contribution in [1.29, 1.82) is 0 Å². The second-order valence-electron chi connectivity index (χ2n) is 10.7. The number of aryl methyl sites for hydroxylation is 1. The first-order valence-corrected chi connectivity index (χ1v) is 14.9. The highest BCUT2D eigenvalue weighted by atomic mass is 32.1. The molecule has 11 heteroatoms. The van der Waals surface area contributed by atoms with Crippen LogP contribution in [0.4, 0.5) is 15.9 Å². The third-order valence-corrected chi connectivity index (χ3v) is 9.11. The molecule has 2 aromatic heterocycles. The van der Waals surface area contributed by atoms with Crippen LogP contribution >= 0.6 is 11.3 Å². The predicted molar refractivity (Wildman–Crippen MR) is 156 cm³/mol. The minimum atomic E-state index is -0.364. The highest BCUT2D eigenvalue weighted by Crippen LogP contribution is 2.37. The molecule has 9 nitrogen and oxygen atoms in total. The summed E-state index contributed by atoms with van der Waals surface area (Å²) in [6.45, 7) is 7.85. The third kappa shape index (κ3) is 6.88. The molecule has 1 amide bonds. The van der Waals surface area contributed by atoms with Crippen molar-refractivity contribution in [2.45, 2.75) is 51.2 Å². The molecule has 1 aromatic carbocycles. The quantitative estimate of drug-likeness (QED) is 0.342. The van der Waals surface area contributed by atoms with E-state index in [0.29, 0.717) is 28.7 Å². The number of likely N-dealkylation sites (N-methyl/N-ethyl adjacent to an activating group) is 1. The standard InChI is InChI=1S/C29H39FN6O3S/c1-19-25-27(34-23-10-5-20(30)17-24(23)39-22-8-6-21(38-3)7-9-22)32-18-33-29(25)40-26(19)28(37)31-11-4-12-36-15-13-35(2)14-16-36/h5,10,17-18,21-22H,4,6-9,11-16H2,1-3H3,(H,31,37)(H,32,33,34). The van der Waals surface area contributed by atoms with Crippen molar-refractivity contribution >= 4 is 39.0 Å². The number of anilines is 2. The van der Waals surface area contributed by atoms with E-state index >= 15 is 0 Å². The number of nitrogens with one attached hydrogen (secondary N) is 2. The molecule has 0 spiro atoms. The van der Waals surface area contributed by atoms with Crippen LogP contribution in [0, 0.1) is 12.7 Å². The van der Waals surface area contributed by atoms with Gasteiger partial charge < -0.3 is 29.9 Å². The van der Waals surface area contributed by atoms with Gasteiger partial charge in [0.2, 0.25) is 0 Å². The largest absolute Gasteiger partial charge is 0.488 e. The van der Waals surface area contributed by atoms with E-state index in [9.17, 15) is 9.18 Å². The monoisotopic (exact) mass is 570 g/mol. The van der Waals surface area contributed by atoms with Crippen molar-refractivity contribution in [3.63, 3.8) is 0 Å². The molecule has 1 aliphatic carbocycles. The molecule has 0 radical (unpaired) electrons. The van der Waals surface area contributed by atoms with Crippen LogP contribution in [0.2, 0.25) is 0 Å². The molecular weight excluding hydrogens is 531 g/mol. The summed E-state index contributed by atoms with van der Waals surface area (Å²) in [5, 5.41) is 7.20. The van der Waals surface area contributed by atoms with Gasteiger partial charge in [-0.2, -0.15) is 0 Å². The Labute approximate surface area is 239 Å². The Morgan fingerprint density at radius 2 is 1.88 bits per heavy atom. The van der Waals surface area contributed by atoms with E-state index < -0.39 is 0 Å². The van der Waals surface area contributed by atoms with Crippen molar-refractivity contribution in [3.8, 4) is 5.75 Å². The second-order valence-corrected chi connectivity index (χ2v) is 11.7. The van der Waals surface area contributed by atoms with Gasteiger partial charge in [0.05, 0.1) is 28.2 Å². The maximum absolute atomic E-state index is 14.2. The fourth-order valence-corrected chi connectivity index (χ4v) is 6.49. The number of carbonyl (C=O) groups excluding carboxylic acids is 1. The van der Waals surface area contributed by atoms with E-state index in [2.05, 4.69) is 37.4 Å². The SMILES string of the molecule is COC1CCC(Oc2cc(F)ccc2Nc2ncnc3sc(C(=O)NCCCN4CCN(C)CC4)c(C)c23)CC1. The number of benzene rings is 1. The van der Waals surface area contributed by atoms with Crippen molar-refractivity contribution in [2.24, 2.45) is 0 Å². The van der Waals surface area contributed by atoms with E-state index in [1.54, 1.807) is 13.2 Å². The Kier molecular flexibility index (Phi) is 9.46. The lowest BCUT2D eigenvalue weighted by Crippen LogP contribution is -2.45. The van der Waals surface area contributed by atoms with E-state index in [0.717, 1.165) is 80.6 Å². The van der Waals surface area contributed by atoms with Crippen LogP contribution in [0.15, 0.2) is 24.5 Å². The number of halogens is 1. The van der Waals surface area contributed by atoms with Gasteiger partial charge in [-0.25, -0.2) is 14.4 Å². The molecule has 1 saturated heterocycles. The number of amides is 1. The Balaban J connectivity index is 1.26. The van der Waals surface area contributed by atoms with Gasteiger partial charge >= 0.3 is 0 Å². The highest BCUT2D eigenvalue weighted by molar-refractivity contribution is 7.20. The molecule has 216 valence electrons. The molecule has 0 atom stereocenters. The average Bonchev–Trinajstić information content (AvgIpc) is 3.31. The summed E-state index contributed by atoms with van der Waals surface area (Å²) in [5.41, 5.74) is 1.44. The van der Waals surface area contributed by atoms with E-state index in [1.807, 2.05) is 6.92 Å². The lowest BCUT2D eigenvalue weighted by molar-refractivity contribution is 0.0329. The van der Waals surface area contributed by atoms with Crippen molar-refractivity contribution < 1.29 is 18.7 Å². The van der Waals surface area contributed by atoms with Gasteiger partial charge in [-0.1, -0.05) is 0 Å². The summed E-state index contributed by atoms with van der Waals surface area (Å²) < 4.78 is 25.9. The van der Waals surface area contributed by atoms with Crippen molar-refractivity contribution in [3.05, 3.63) is 40.8 Å². The minimum absolute atomic E-state index is 0.00592. The number of rotatable bonds is 10. The van der Waals surface area contributed by atoms with Gasteiger partial charge in [-0.3, -0.25) is 4.79 Å². The lowest BCUT2D eigenvalue weighted by atomic mass is 9.95. The molecule has 2 N–H and O–H groups in total. The molecule has 5 rings (SSSR count). The number of nitrogens with zero attached hydrogens (tertiary/aromatic N) is 4. The molecule has 0 unspecified atom stereocenters. The molecule has 2 aliphatic rings. The zero-order valence-corrected chi connectivity index (χ0v) is 24.4. The first-order chi connectivity index (χ1) is 19.4. The number of fused-ring (bicyclic) bond motifs is 1. The Bertz CT molecular complexity index is 1300. The van der Waals surface area contributed by atoms with Crippen LogP contribution in [0.3, 0.4) is 0 Å². The van der Waals surface area contributed by atoms with Gasteiger partial charge in [0.25, 0.3) is 5.91 Å². The topological polar surface area (TPSA) is 91.8 Å². The van der Waals surface area contributed by atoms with Gasteiger partial charge in [0.1, 0.15) is 28.5 Å². The van der Waals surface area contributed by atoms with Crippen LogP contribution in [0.25, 0.3) is 10.2 Å². The summed E-state index contributed by atoms with van der Waals surface area (Å²) in [7, 11) is 3.89. The number of hydrogen-bond acceptors (Lipinski definition) is 9. The summed E-state index contributed by atoms with van der Waals surface area (Å²) in [5.74, 6) is 0.547. The number of thiophene rings is 1. The van der Waals surface area contributed by atoms with Gasteiger partial charge in [0, 0.05) is 45.9 Å². The maximum Gasteiger partial charge on any atom is 0.261 e. The normalized spacial score (nSPS) is 20.5. The molecule has 2 fully saturated rings. The third-order valence-electron chi connectivity index (χ3n) is 7.91. The Hall–Kier alpha value is -2.86. The molecule has 40 heavy (non-hydrogen) atoms. The predicted octanol–water partition coefficient (Wildman–Crippen LogP) is 4.59. The Morgan fingerprint density at radius 1 is 1.12 bits per heavy atom. The number of aromatic nitrogens is 2. The van der Waals surface area contributed by atoms with Gasteiger partial charge in [-0.05, 0) is 70.3 Å². The fourth-order valence-electron chi connectivity index (χ4n) is 5.43. The van der Waals surface area contributed by atoms with Gasteiger partial charge in [-0.15, -0.1) is 11.3 Å². The van der Waals surface area contributed by atoms with Crippen LogP contribution in [-0.2, 0) is 4.74 Å². The van der Waals surface area contributed by atoms with Crippen molar-refractivity contribution in [1.82, 2.24) is 25.1 Å². The summed E-state index contributed by atoms with van der Waals surface area (Å²) >= 11 is 1.36. The first kappa shape index (κ1) is 28.7. The van der Waals surface area contributed by atoms with Crippen molar-refractivity contribution in [2.75, 3.05) is 58.7 Å². The molecule has 1 saturated carbocycles. The second kappa shape index (κ2) is 13.2. The maximum atomic E-state index is 14.2. The highest BCUT2D eigenvalue weighted by Gasteiger charge is 2.24. The number of hydrogen-bond donors (Lipinski definition) is 2. The minimum Gasteiger partial charge on any atom is -0.488 e. The van der Waals surface area contributed by atoms with Crippen LogP contribution in [0.5, 0.6) is 5.75 Å². The van der Waals surface area contributed by atoms with Crippen LogP contribution in [0.1, 0.15) is 47.3 Å². The summed E-state index contributed by atoms with van der Waals surface area (Å²) in [6.07, 6.45) is 6.17. The summed E-state index contributed by atoms with van der Waals surface area (Å²) in [6, 6.07) is 4.47.